The van der Waals surface area contributed by atoms with Crippen LogP contribution < -0.4 is 11.4 Å². The van der Waals surface area contributed by atoms with Gasteiger partial charge in [-0.2, -0.15) is 4.98 Å². The summed E-state index contributed by atoms with van der Waals surface area (Å²) in [6.45, 7) is -1.35. The second-order valence-electron chi connectivity index (χ2n) is 6.29. The summed E-state index contributed by atoms with van der Waals surface area (Å²) >= 11 is 0. The van der Waals surface area contributed by atoms with Gasteiger partial charge in [-0.25, -0.2) is 4.79 Å². The van der Waals surface area contributed by atoms with Gasteiger partial charge >= 0.3 is 5.69 Å². The van der Waals surface area contributed by atoms with E-state index in [0.29, 0.717) is 0 Å². The number of nitrogen functional groups attached to an aromatic ring is 1. The topological polar surface area (TPSA) is 201 Å². The highest BCUT2D eigenvalue weighted by atomic mass is 16.6. The van der Waals surface area contributed by atoms with Gasteiger partial charge in [-0.1, -0.05) is 0 Å². The maximum absolute atomic E-state index is 12.4. The zero-order chi connectivity index (χ0) is 19.2. The van der Waals surface area contributed by atoms with Gasteiger partial charge in [0, 0.05) is 6.20 Å². The van der Waals surface area contributed by atoms with Gasteiger partial charge in [-0.3, -0.25) is 4.57 Å². The maximum Gasteiger partial charge on any atom is 0.352 e. The second-order valence-corrected chi connectivity index (χ2v) is 6.29. The molecule has 3 rings (SSSR count). The van der Waals surface area contributed by atoms with E-state index in [1.165, 1.54) is 6.07 Å². The van der Waals surface area contributed by atoms with Crippen molar-refractivity contribution in [1.82, 2.24) is 9.55 Å². The van der Waals surface area contributed by atoms with Crippen molar-refractivity contribution in [3.8, 4) is 0 Å². The first-order valence-corrected chi connectivity index (χ1v) is 7.90. The molecular formula is C14H21N3O9. The number of ether oxygens (including phenoxy) is 2. The number of aliphatic hydroxyl groups is 6. The molecule has 0 bridgehead atoms. The smallest absolute Gasteiger partial charge is 0.352 e. The molecule has 146 valence electrons. The molecule has 12 nitrogen and oxygen atoms in total. The molecule has 12 heteroatoms. The quantitative estimate of drug-likeness (QED) is 0.266. The Morgan fingerprint density at radius 3 is 2.27 bits per heavy atom. The minimum absolute atomic E-state index is 0.116. The summed E-state index contributed by atoms with van der Waals surface area (Å²) in [6, 6.07) is 1.22. The predicted molar refractivity (Wildman–Crippen MR) is 82.6 cm³/mol. The van der Waals surface area contributed by atoms with Gasteiger partial charge in [-0.05, 0) is 6.07 Å². The highest BCUT2D eigenvalue weighted by molar-refractivity contribution is 5.24. The van der Waals surface area contributed by atoms with Crippen LogP contribution in [-0.4, -0.2) is 96.1 Å². The molecule has 2 aliphatic rings. The first kappa shape index (κ1) is 19.1. The van der Waals surface area contributed by atoms with Crippen LogP contribution in [0.1, 0.15) is 0 Å². The Kier molecular flexibility index (Phi) is 5.02. The van der Waals surface area contributed by atoms with Gasteiger partial charge in [0.2, 0.25) is 5.72 Å². The lowest BCUT2D eigenvalue weighted by atomic mass is 9.92. The molecule has 0 saturated carbocycles. The fraction of sp³-hybridized carbons (Fsp3) is 0.714. The summed E-state index contributed by atoms with van der Waals surface area (Å²) in [4.78, 5) is 15.9. The number of hydrogen-bond donors (Lipinski definition) is 7. The summed E-state index contributed by atoms with van der Waals surface area (Å²) in [7, 11) is 0. The van der Waals surface area contributed by atoms with Gasteiger partial charge in [-0.15, -0.1) is 0 Å². The molecule has 0 aliphatic carbocycles. The fourth-order valence-corrected chi connectivity index (χ4v) is 3.47. The van der Waals surface area contributed by atoms with Crippen molar-refractivity contribution in [2.24, 2.45) is 0 Å². The lowest BCUT2D eigenvalue weighted by Crippen LogP contribution is -2.61. The first-order chi connectivity index (χ1) is 12.3. The largest absolute Gasteiger partial charge is 0.394 e. The molecular weight excluding hydrogens is 354 g/mol. The van der Waals surface area contributed by atoms with Crippen LogP contribution in [0.25, 0.3) is 0 Å². The summed E-state index contributed by atoms with van der Waals surface area (Å²) in [6.07, 6.45) is -9.68. The molecule has 8 N–H and O–H groups in total. The van der Waals surface area contributed by atoms with Crippen LogP contribution in [0.3, 0.4) is 0 Å². The van der Waals surface area contributed by atoms with E-state index in [0.717, 1.165) is 10.8 Å². The molecule has 1 aromatic heterocycles. The first-order valence-electron chi connectivity index (χ1n) is 7.90. The number of nitrogens with two attached hydrogens (primary N) is 1. The SMILES string of the molecule is Nc1ccn([C@]2([C@H]3O[C@@H](CO)[C@H](O)[C@H]3O)O[C@H](CO)[C@@H](O)[C@H]2O)c(=O)n1. The molecule has 3 heterocycles. The van der Waals surface area contributed by atoms with Crippen LogP contribution in [0.2, 0.25) is 0 Å². The van der Waals surface area contributed by atoms with E-state index < -0.39 is 67.4 Å². The second kappa shape index (κ2) is 6.83. The summed E-state index contributed by atoms with van der Waals surface area (Å²) in [5, 5.41) is 59.9. The van der Waals surface area contributed by atoms with E-state index in [1.807, 2.05) is 0 Å². The van der Waals surface area contributed by atoms with Crippen molar-refractivity contribution in [1.29, 1.82) is 0 Å². The summed E-state index contributed by atoms with van der Waals surface area (Å²) in [5.41, 5.74) is 2.25. The van der Waals surface area contributed by atoms with Crippen molar-refractivity contribution < 1.29 is 40.1 Å². The average molecular weight is 375 g/mol. The number of anilines is 1. The molecule has 2 saturated heterocycles. The molecule has 8 atom stereocenters. The number of rotatable bonds is 4. The Bertz CT molecular complexity index is 715. The normalized spacial score (nSPS) is 43.1. The van der Waals surface area contributed by atoms with E-state index in [2.05, 4.69) is 4.98 Å². The third kappa shape index (κ3) is 2.62. The molecule has 0 unspecified atom stereocenters. The summed E-state index contributed by atoms with van der Waals surface area (Å²) in [5.74, 6) is -0.116. The van der Waals surface area contributed by atoms with Crippen molar-refractivity contribution in [3.05, 3.63) is 22.7 Å². The van der Waals surface area contributed by atoms with Gasteiger partial charge < -0.3 is 45.8 Å². The lowest BCUT2D eigenvalue weighted by molar-refractivity contribution is -0.234. The fourth-order valence-electron chi connectivity index (χ4n) is 3.47. The van der Waals surface area contributed by atoms with E-state index in [9.17, 15) is 35.4 Å². The number of nitrogens with zero attached hydrogens (tertiary/aromatic N) is 2. The third-order valence-electron chi connectivity index (χ3n) is 4.80. The van der Waals surface area contributed by atoms with Crippen LogP contribution in [0.15, 0.2) is 17.1 Å². The van der Waals surface area contributed by atoms with Gasteiger partial charge in [0.05, 0.1) is 13.2 Å². The Hall–Kier alpha value is -1.64. The Labute approximate surface area is 146 Å². The van der Waals surface area contributed by atoms with Gasteiger partial charge in [0.25, 0.3) is 0 Å². The zero-order valence-corrected chi connectivity index (χ0v) is 13.5. The average Bonchev–Trinajstić information content (AvgIpc) is 3.04. The Morgan fingerprint density at radius 1 is 1.12 bits per heavy atom. The van der Waals surface area contributed by atoms with E-state index in [1.54, 1.807) is 0 Å². The number of aliphatic hydroxyl groups excluding tert-OH is 6. The van der Waals surface area contributed by atoms with Crippen LogP contribution >= 0.6 is 0 Å². The van der Waals surface area contributed by atoms with E-state index >= 15 is 0 Å². The molecule has 2 fully saturated rings. The monoisotopic (exact) mass is 375 g/mol. The Balaban J connectivity index is 2.17. The van der Waals surface area contributed by atoms with Gasteiger partial charge in [0.1, 0.15) is 48.5 Å². The highest BCUT2D eigenvalue weighted by Gasteiger charge is 2.65. The molecule has 2 aliphatic heterocycles. The highest BCUT2D eigenvalue weighted by Crippen LogP contribution is 2.43. The molecule has 0 spiro atoms. The van der Waals surface area contributed by atoms with Crippen LogP contribution in [0.5, 0.6) is 0 Å². The van der Waals surface area contributed by atoms with Crippen LogP contribution in [-0.2, 0) is 15.2 Å². The standard InChI is InChI=1S/C14H21N3O9/c15-7-1-2-17(13(24)16-7)14(11(23)9(21)6(4-19)26-14)12-10(22)8(20)5(3-18)25-12/h1-2,5-6,8-12,18-23H,3-4H2,(H2,15,16,24)/t5-,6+,8-,9+,10+,11+,12-,14-/m0/s1. The predicted octanol–water partition coefficient (Wildman–Crippen LogP) is -4.93. The lowest BCUT2D eigenvalue weighted by Gasteiger charge is -2.39. The van der Waals surface area contributed by atoms with E-state index in [4.69, 9.17) is 15.2 Å². The van der Waals surface area contributed by atoms with Crippen molar-refractivity contribution in [2.75, 3.05) is 18.9 Å². The van der Waals surface area contributed by atoms with Crippen molar-refractivity contribution >= 4 is 5.82 Å². The maximum atomic E-state index is 12.4. The molecule has 1 aromatic rings. The molecule has 0 amide bonds. The minimum atomic E-state index is -2.23. The van der Waals surface area contributed by atoms with Crippen molar-refractivity contribution in [2.45, 2.75) is 48.5 Å². The molecule has 26 heavy (non-hydrogen) atoms. The summed E-state index contributed by atoms with van der Waals surface area (Å²) < 4.78 is 11.8. The molecule has 0 aromatic carbocycles. The minimum Gasteiger partial charge on any atom is -0.394 e. The number of hydrogen-bond acceptors (Lipinski definition) is 11. The van der Waals surface area contributed by atoms with Crippen molar-refractivity contribution in [3.63, 3.8) is 0 Å². The molecule has 0 radical (unpaired) electrons. The van der Waals surface area contributed by atoms with Crippen LogP contribution in [0, 0.1) is 0 Å². The van der Waals surface area contributed by atoms with Gasteiger partial charge in [0.15, 0.2) is 0 Å². The number of aromatic nitrogens is 2. The zero-order valence-electron chi connectivity index (χ0n) is 13.5. The van der Waals surface area contributed by atoms with Crippen LogP contribution in [0.4, 0.5) is 5.82 Å². The van der Waals surface area contributed by atoms with E-state index in [-0.39, 0.29) is 5.82 Å². The Morgan fingerprint density at radius 2 is 1.77 bits per heavy atom. The third-order valence-corrected chi connectivity index (χ3v) is 4.80.